The Labute approximate surface area is 133 Å². The van der Waals surface area contributed by atoms with Crippen molar-refractivity contribution in [3.8, 4) is 0 Å². The molecule has 4 rings (SSSR count). The summed E-state index contributed by atoms with van der Waals surface area (Å²) in [5, 5.41) is 17.1. The second-order valence-corrected chi connectivity index (χ2v) is 6.01. The lowest BCUT2D eigenvalue weighted by atomic mass is 9.98. The zero-order chi connectivity index (χ0) is 15.6. The Morgan fingerprint density at radius 1 is 1.30 bits per heavy atom. The van der Waals surface area contributed by atoms with E-state index in [4.69, 9.17) is 9.52 Å². The molecule has 0 radical (unpaired) electrons. The number of aromatic nitrogens is 4. The first kappa shape index (κ1) is 14.2. The Hall–Kier alpha value is -2.41. The highest BCUT2D eigenvalue weighted by atomic mass is 16.4. The molecule has 0 aliphatic carbocycles. The summed E-state index contributed by atoms with van der Waals surface area (Å²) < 4.78 is 7.69. The maximum Gasteiger partial charge on any atom is 0.298 e. The van der Waals surface area contributed by atoms with Crippen molar-refractivity contribution in [3.63, 3.8) is 0 Å². The summed E-state index contributed by atoms with van der Waals surface area (Å²) >= 11 is 0. The normalized spacial score (nSPS) is 18.7. The fourth-order valence-corrected chi connectivity index (χ4v) is 3.15. The van der Waals surface area contributed by atoms with Gasteiger partial charge in [-0.25, -0.2) is 0 Å². The van der Waals surface area contributed by atoms with Gasteiger partial charge in [0.1, 0.15) is 11.2 Å². The molecule has 120 valence electrons. The summed E-state index contributed by atoms with van der Waals surface area (Å²) in [6.45, 7) is 2.58. The first-order valence-electron chi connectivity index (χ1n) is 7.92. The Morgan fingerprint density at radius 2 is 2.22 bits per heavy atom. The van der Waals surface area contributed by atoms with Crippen LogP contribution in [0.1, 0.15) is 18.5 Å². The zero-order valence-corrected chi connectivity index (χ0v) is 12.8. The number of benzene rings is 1. The molecule has 2 aromatic heterocycles. The highest BCUT2D eigenvalue weighted by Gasteiger charge is 2.24. The Kier molecular flexibility index (Phi) is 3.70. The van der Waals surface area contributed by atoms with Crippen LogP contribution in [-0.2, 0) is 13.2 Å². The minimum absolute atomic E-state index is 0.0697. The van der Waals surface area contributed by atoms with Crippen molar-refractivity contribution in [2.24, 2.45) is 5.92 Å². The lowest BCUT2D eigenvalue weighted by molar-refractivity contribution is 0.276. The summed E-state index contributed by atoms with van der Waals surface area (Å²) in [6, 6.07) is 8.54. The first-order chi connectivity index (χ1) is 11.3. The molecular weight excluding hydrogens is 294 g/mol. The molecule has 1 aliphatic heterocycles. The van der Waals surface area contributed by atoms with Crippen LogP contribution in [0.3, 0.4) is 0 Å². The predicted molar refractivity (Wildman–Crippen MR) is 84.9 cm³/mol. The van der Waals surface area contributed by atoms with Crippen LogP contribution in [0.25, 0.3) is 11.1 Å². The number of piperidine rings is 1. The molecule has 0 spiro atoms. The van der Waals surface area contributed by atoms with Crippen LogP contribution in [0.4, 0.5) is 6.01 Å². The van der Waals surface area contributed by atoms with Crippen molar-refractivity contribution in [1.82, 2.24) is 20.0 Å². The molecule has 1 unspecified atom stereocenters. The maximum atomic E-state index is 9.07. The van der Waals surface area contributed by atoms with Gasteiger partial charge in [0.25, 0.3) is 6.01 Å². The van der Waals surface area contributed by atoms with Gasteiger partial charge in [-0.2, -0.15) is 4.98 Å². The Bertz CT molecular complexity index is 763. The van der Waals surface area contributed by atoms with Crippen LogP contribution in [0.15, 0.2) is 34.9 Å². The van der Waals surface area contributed by atoms with Crippen LogP contribution in [0, 0.1) is 5.92 Å². The largest absolute Gasteiger partial charge is 0.423 e. The first-order valence-corrected chi connectivity index (χ1v) is 7.92. The number of anilines is 1. The van der Waals surface area contributed by atoms with Crippen molar-refractivity contribution >= 4 is 17.1 Å². The third-order valence-corrected chi connectivity index (χ3v) is 4.27. The molecule has 1 fully saturated rings. The van der Waals surface area contributed by atoms with Crippen LogP contribution in [0.5, 0.6) is 0 Å². The molecule has 0 saturated carbocycles. The van der Waals surface area contributed by atoms with E-state index in [1.165, 1.54) is 0 Å². The van der Waals surface area contributed by atoms with E-state index in [2.05, 4.69) is 20.2 Å². The fraction of sp³-hybridized carbons (Fsp3) is 0.438. The molecule has 7 nitrogen and oxygen atoms in total. The third kappa shape index (κ3) is 2.92. The van der Waals surface area contributed by atoms with E-state index in [1.54, 1.807) is 6.20 Å². The molecule has 23 heavy (non-hydrogen) atoms. The van der Waals surface area contributed by atoms with Gasteiger partial charge in [-0.1, -0.05) is 17.3 Å². The SMILES string of the molecule is OCc1cn(CC2CCCN(c3nc4ccccc4o3)C2)nn1. The molecular formula is C16H19N5O2. The minimum atomic E-state index is -0.0697. The van der Waals surface area contributed by atoms with Crippen LogP contribution < -0.4 is 4.90 Å². The number of aliphatic hydroxyl groups excluding tert-OH is 1. The Morgan fingerprint density at radius 3 is 3.04 bits per heavy atom. The third-order valence-electron chi connectivity index (χ3n) is 4.27. The second-order valence-electron chi connectivity index (χ2n) is 6.01. The highest BCUT2D eigenvalue weighted by Crippen LogP contribution is 2.26. The number of aliphatic hydroxyl groups is 1. The number of hydrogen-bond donors (Lipinski definition) is 1. The number of fused-ring (bicyclic) bond motifs is 1. The van der Waals surface area contributed by atoms with Gasteiger partial charge in [0, 0.05) is 19.6 Å². The number of oxazole rings is 1. The molecule has 1 saturated heterocycles. The fourth-order valence-electron chi connectivity index (χ4n) is 3.15. The highest BCUT2D eigenvalue weighted by molar-refractivity contribution is 5.74. The molecule has 1 aliphatic rings. The van der Waals surface area contributed by atoms with Crippen molar-refractivity contribution < 1.29 is 9.52 Å². The Balaban J connectivity index is 1.47. The summed E-state index contributed by atoms with van der Waals surface area (Å²) in [4.78, 5) is 6.79. The van der Waals surface area contributed by atoms with Gasteiger partial charge in [-0.3, -0.25) is 4.68 Å². The van der Waals surface area contributed by atoms with E-state index in [1.807, 2.05) is 28.9 Å². The van der Waals surface area contributed by atoms with Crippen molar-refractivity contribution in [3.05, 3.63) is 36.2 Å². The molecule has 0 amide bonds. The molecule has 1 atom stereocenters. The summed E-state index contributed by atoms with van der Waals surface area (Å²) in [5.74, 6) is 0.465. The number of rotatable bonds is 4. The quantitative estimate of drug-likeness (QED) is 0.791. The van der Waals surface area contributed by atoms with Crippen LogP contribution in [-0.4, -0.2) is 38.2 Å². The van der Waals surface area contributed by atoms with Crippen molar-refractivity contribution in [2.75, 3.05) is 18.0 Å². The molecule has 3 aromatic rings. The monoisotopic (exact) mass is 313 g/mol. The van der Waals surface area contributed by atoms with Gasteiger partial charge in [0.15, 0.2) is 5.58 Å². The van der Waals surface area contributed by atoms with E-state index in [-0.39, 0.29) is 6.61 Å². The molecule has 3 heterocycles. The average Bonchev–Trinajstić information content (AvgIpc) is 3.21. The topological polar surface area (TPSA) is 80.2 Å². The number of para-hydroxylation sites is 2. The lowest BCUT2D eigenvalue weighted by Gasteiger charge is -2.31. The van der Waals surface area contributed by atoms with Gasteiger partial charge >= 0.3 is 0 Å². The maximum absolute atomic E-state index is 9.07. The number of hydrogen-bond acceptors (Lipinski definition) is 6. The van der Waals surface area contributed by atoms with Crippen molar-refractivity contribution in [2.45, 2.75) is 26.0 Å². The van der Waals surface area contributed by atoms with Crippen LogP contribution in [0.2, 0.25) is 0 Å². The smallest absolute Gasteiger partial charge is 0.298 e. The van der Waals surface area contributed by atoms with Gasteiger partial charge in [-0.05, 0) is 30.9 Å². The average molecular weight is 313 g/mol. The van der Waals surface area contributed by atoms with E-state index < -0.39 is 0 Å². The van der Waals surface area contributed by atoms with Crippen molar-refractivity contribution in [1.29, 1.82) is 0 Å². The van der Waals surface area contributed by atoms with Gasteiger partial charge in [0.05, 0.1) is 12.8 Å². The van der Waals surface area contributed by atoms with E-state index >= 15 is 0 Å². The van der Waals surface area contributed by atoms with Gasteiger partial charge < -0.3 is 14.4 Å². The molecule has 0 bridgehead atoms. The van der Waals surface area contributed by atoms with E-state index in [9.17, 15) is 0 Å². The molecule has 1 N–H and O–H groups in total. The predicted octanol–water partition coefficient (Wildman–Crippen LogP) is 1.83. The summed E-state index contributed by atoms with van der Waals surface area (Å²) in [7, 11) is 0. The second kappa shape index (κ2) is 6.00. The van der Waals surface area contributed by atoms with Gasteiger partial charge in [-0.15, -0.1) is 5.10 Å². The molecule has 1 aromatic carbocycles. The van der Waals surface area contributed by atoms with E-state index in [0.29, 0.717) is 17.6 Å². The summed E-state index contributed by atoms with van der Waals surface area (Å²) in [6.07, 6.45) is 4.05. The van der Waals surface area contributed by atoms with Gasteiger partial charge in [0.2, 0.25) is 0 Å². The molecule has 7 heteroatoms. The van der Waals surface area contributed by atoms with E-state index in [0.717, 1.165) is 43.6 Å². The minimum Gasteiger partial charge on any atom is -0.423 e. The zero-order valence-electron chi connectivity index (χ0n) is 12.8. The lowest BCUT2D eigenvalue weighted by Crippen LogP contribution is -2.37. The summed E-state index contributed by atoms with van der Waals surface area (Å²) in [5.41, 5.74) is 2.33. The standard InChI is InChI=1S/C16H19N5O2/c22-11-13-10-21(19-18-13)9-12-4-3-7-20(8-12)16-17-14-5-1-2-6-15(14)23-16/h1-2,5-6,10,12,22H,3-4,7-9,11H2. The number of nitrogens with zero attached hydrogens (tertiary/aromatic N) is 5. The van der Waals surface area contributed by atoms with Crippen LogP contribution >= 0.6 is 0 Å².